The quantitative estimate of drug-likeness (QED) is 0.325. The summed E-state index contributed by atoms with van der Waals surface area (Å²) in [6.07, 6.45) is 4.75. The first-order valence-electron chi connectivity index (χ1n) is 12.5. The number of H-pyrrole nitrogens is 1. The van der Waals surface area contributed by atoms with Crippen LogP contribution in [0.1, 0.15) is 49.1 Å². The average molecular weight is 524 g/mol. The van der Waals surface area contributed by atoms with Crippen LogP contribution in [0.5, 0.6) is 0 Å². The molecular weight excluding hydrogens is 493 g/mol. The summed E-state index contributed by atoms with van der Waals surface area (Å²) >= 11 is 6.47. The molecule has 1 aliphatic rings. The second-order valence-corrected chi connectivity index (χ2v) is 10.9. The minimum Gasteiger partial charge on any atom is -0.469 e. The van der Waals surface area contributed by atoms with E-state index in [0.717, 1.165) is 59.8 Å². The van der Waals surface area contributed by atoms with Crippen LogP contribution in [0.4, 0.5) is 10.2 Å². The van der Waals surface area contributed by atoms with Crippen molar-refractivity contribution in [3.8, 4) is 11.5 Å². The summed E-state index contributed by atoms with van der Waals surface area (Å²) in [6, 6.07) is 8.31. The van der Waals surface area contributed by atoms with Crippen molar-refractivity contribution in [3.05, 3.63) is 69.9 Å². The van der Waals surface area contributed by atoms with Gasteiger partial charge in [-0.05, 0) is 54.5 Å². The summed E-state index contributed by atoms with van der Waals surface area (Å²) in [5, 5.41) is 0.359. The number of piperidine rings is 1. The number of halogens is 2. The van der Waals surface area contributed by atoms with Gasteiger partial charge in [0.05, 0.1) is 19.2 Å². The fourth-order valence-corrected chi connectivity index (χ4v) is 5.12. The third-order valence-electron chi connectivity index (χ3n) is 7.28. The maximum atomic E-state index is 13.3. The number of pyridine rings is 1. The number of methoxy groups -OCH3 is 1. The number of carbonyl (C=O) groups excluding carboxylic acids is 1. The molecule has 0 spiro atoms. The first-order valence-corrected chi connectivity index (χ1v) is 12.8. The van der Waals surface area contributed by atoms with E-state index in [0.29, 0.717) is 23.1 Å². The minimum absolute atomic E-state index is 0.190. The van der Waals surface area contributed by atoms with E-state index >= 15 is 0 Å². The Morgan fingerprint density at radius 1 is 1.19 bits per heavy atom. The topological polar surface area (TPSA) is 75.5 Å². The molecule has 1 aliphatic heterocycles. The number of esters is 1. The van der Waals surface area contributed by atoms with E-state index in [9.17, 15) is 9.18 Å². The van der Waals surface area contributed by atoms with Gasteiger partial charge in [-0.3, -0.25) is 9.20 Å². The van der Waals surface area contributed by atoms with Crippen molar-refractivity contribution in [1.29, 1.82) is 0 Å². The third-order valence-corrected chi connectivity index (χ3v) is 7.60. The lowest BCUT2D eigenvalue weighted by molar-refractivity contribution is -0.139. The number of benzene rings is 1. The van der Waals surface area contributed by atoms with Crippen LogP contribution in [-0.4, -0.2) is 45.5 Å². The van der Waals surface area contributed by atoms with Crippen molar-refractivity contribution < 1.29 is 13.9 Å². The smallest absolute Gasteiger partial charge is 0.310 e. The van der Waals surface area contributed by atoms with Crippen LogP contribution in [0.25, 0.3) is 17.2 Å². The Kier molecular flexibility index (Phi) is 6.70. The van der Waals surface area contributed by atoms with E-state index in [1.54, 1.807) is 12.1 Å². The second kappa shape index (κ2) is 9.82. The van der Waals surface area contributed by atoms with Crippen LogP contribution in [0.3, 0.4) is 0 Å². The van der Waals surface area contributed by atoms with Gasteiger partial charge in [-0.15, -0.1) is 0 Å². The summed E-state index contributed by atoms with van der Waals surface area (Å²) in [6.45, 7) is 8.38. The number of imidazole rings is 2. The molecule has 0 unspecified atom stereocenters. The van der Waals surface area contributed by atoms with Crippen molar-refractivity contribution in [2.45, 2.75) is 46.5 Å². The van der Waals surface area contributed by atoms with Gasteiger partial charge in [0.2, 0.25) is 0 Å². The van der Waals surface area contributed by atoms with Gasteiger partial charge < -0.3 is 14.6 Å². The van der Waals surface area contributed by atoms with Crippen LogP contribution in [-0.2, 0) is 22.4 Å². The first kappa shape index (κ1) is 25.3. The van der Waals surface area contributed by atoms with Crippen LogP contribution in [0, 0.1) is 18.2 Å². The molecule has 4 aromatic rings. The standard InChI is InChI=1S/C28H31ClFN5O2/c1-17-13-23-31-22(26-32-21(25(29)33-26)14-18-5-7-19(30)8-6-18)16-35(23)27(20(17)15-24(36)37-4)34-11-9-28(2,3)10-12-34/h5-8,13,16H,9-12,14-15H2,1-4H3,(H,32,33). The number of hydrogen-bond acceptors (Lipinski definition) is 5. The number of nitrogens with one attached hydrogen (secondary N) is 1. The molecule has 0 atom stereocenters. The molecule has 0 saturated carbocycles. The average Bonchev–Trinajstić information content (AvgIpc) is 3.44. The molecule has 0 radical (unpaired) electrons. The molecule has 1 aromatic carbocycles. The Labute approximate surface area is 220 Å². The predicted molar refractivity (Wildman–Crippen MR) is 143 cm³/mol. The van der Waals surface area contributed by atoms with Gasteiger partial charge in [-0.1, -0.05) is 37.6 Å². The van der Waals surface area contributed by atoms with Crippen molar-refractivity contribution in [2.75, 3.05) is 25.1 Å². The molecular formula is C28H31ClFN5O2. The highest BCUT2D eigenvalue weighted by atomic mass is 35.5. The van der Waals surface area contributed by atoms with E-state index in [-0.39, 0.29) is 23.6 Å². The van der Waals surface area contributed by atoms with E-state index in [4.69, 9.17) is 21.3 Å². The fourth-order valence-electron chi connectivity index (χ4n) is 4.92. The first-order chi connectivity index (χ1) is 17.6. The highest BCUT2D eigenvalue weighted by molar-refractivity contribution is 6.30. The normalized spacial score (nSPS) is 15.4. The van der Waals surface area contributed by atoms with Gasteiger partial charge in [0.1, 0.15) is 23.0 Å². The third kappa shape index (κ3) is 5.21. The minimum atomic E-state index is -0.278. The Morgan fingerprint density at radius 2 is 1.89 bits per heavy atom. The van der Waals surface area contributed by atoms with Gasteiger partial charge in [0.25, 0.3) is 0 Å². The van der Waals surface area contributed by atoms with Crippen molar-refractivity contribution in [1.82, 2.24) is 19.4 Å². The van der Waals surface area contributed by atoms with Gasteiger partial charge in [0.15, 0.2) is 11.0 Å². The number of carbonyl (C=O) groups is 1. The van der Waals surface area contributed by atoms with Gasteiger partial charge in [-0.25, -0.2) is 14.4 Å². The molecule has 1 saturated heterocycles. The number of fused-ring (bicyclic) bond motifs is 1. The van der Waals surface area contributed by atoms with Crippen molar-refractivity contribution >= 4 is 29.0 Å². The zero-order valence-corrected chi connectivity index (χ0v) is 22.3. The molecule has 5 rings (SSSR count). The summed E-state index contributed by atoms with van der Waals surface area (Å²) < 4.78 is 20.4. The van der Waals surface area contributed by atoms with Crippen LogP contribution < -0.4 is 4.90 Å². The lowest BCUT2D eigenvalue weighted by atomic mass is 9.82. The lowest BCUT2D eigenvalue weighted by Gasteiger charge is -2.39. The number of nitrogens with zero attached hydrogens (tertiary/aromatic N) is 4. The predicted octanol–water partition coefficient (Wildman–Crippen LogP) is 5.76. The molecule has 194 valence electrons. The number of ether oxygens (including phenoxy) is 1. The molecule has 4 heterocycles. The number of aromatic amines is 1. The summed E-state index contributed by atoms with van der Waals surface area (Å²) in [4.78, 5) is 27.4. The summed E-state index contributed by atoms with van der Waals surface area (Å²) in [5.74, 6) is 0.979. The molecule has 37 heavy (non-hydrogen) atoms. The monoisotopic (exact) mass is 523 g/mol. The lowest BCUT2D eigenvalue weighted by Crippen LogP contribution is -2.39. The highest BCUT2D eigenvalue weighted by Gasteiger charge is 2.29. The Hall–Kier alpha value is -3.39. The number of aromatic nitrogens is 4. The molecule has 0 aliphatic carbocycles. The van der Waals surface area contributed by atoms with Gasteiger partial charge in [0, 0.05) is 31.3 Å². The van der Waals surface area contributed by atoms with Crippen LogP contribution >= 0.6 is 11.6 Å². The number of rotatable bonds is 6. The number of aryl methyl sites for hydroxylation is 1. The molecule has 3 aromatic heterocycles. The maximum absolute atomic E-state index is 13.3. The van der Waals surface area contributed by atoms with Crippen molar-refractivity contribution in [3.63, 3.8) is 0 Å². The van der Waals surface area contributed by atoms with E-state index < -0.39 is 0 Å². The largest absolute Gasteiger partial charge is 0.469 e. The van der Waals surface area contributed by atoms with E-state index in [2.05, 4.69) is 33.1 Å². The van der Waals surface area contributed by atoms with Crippen LogP contribution in [0.15, 0.2) is 36.5 Å². The molecule has 1 fully saturated rings. The molecule has 0 bridgehead atoms. The molecule has 7 nitrogen and oxygen atoms in total. The Morgan fingerprint density at radius 3 is 2.57 bits per heavy atom. The van der Waals surface area contributed by atoms with Crippen molar-refractivity contribution in [2.24, 2.45) is 5.41 Å². The zero-order chi connectivity index (χ0) is 26.3. The van der Waals surface area contributed by atoms with Gasteiger partial charge >= 0.3 is 5.97 Å². The summed E-state index contributed by atoms with van der Waals surface area (Å²) in [5.41, 5.74) is 5.30. The Balaban J connectivity index is 1.55. The molecule has 0 amide bonds. The number of anilines is 1. The molecule has 1 N–H and O–H groups in total. The Bertz CT molecular complexity index is 1450. The van der Waals surface area contributed by atoms with Crippen LogP contribution in [0.2, 0.25) is 5.15 Å². The zero-order valence-electron chi connectivity index (χ0n) is 21.6. The summed E-state index contributed by atoms with van der Waals surface area (Å²) in [7, 11) is 1.42. The van der Waals surface area contributed by atoms with E-state index in [1.165, 1.54) is 19.2 Å². The fraction of sp³-hybridized carbons (Fsp3) is 0.393. The maximum Gasteiger partial charge on any atom is 0.310 e. The van der Waals surface area contributed by atoms with E-state index in [1.807, 2.05) is 19.2 Å². The van der Waals surface area contributed by atoms with Gasteiger partial charge in [-0.2, -0.15) is 0 Å². The second-order valence-electron chi connectivity index (χ2n) is 10.5. The molecule has 9 heteroatoms. The number of hydrogen-bond donors (Lipinski definition) is 1. The SMILES string of the molecule is COC(=O)Cc1c(C)cc2nc(-c3nc(Cl)c(Cc4ccc(F)cc4)[nH]3)cn2c1N1CCC(C)(C)CC1. The highest BCUT2D eigenvalue weighted by Crippen LogP contribution is 2.36.